The van der Waals surface area contributed by atoms with Crippen molar-refractivity contribution >= 4 is 11.0 Å². The number of alkyl halides is 3. The van der Waals surface area contributed by atoms with Crippen molar-refractivity contribution in [2.45, 2.75) is 38.1 Å². The van der Waals surface area contributed by atoms with Crippen LogP contribution in [0, 0.1) is 6.92 Å². The largest absolute Gasteiger partial charge is 0.418 e. The Kier molecular flexibility index (Phi) is 3.22. The molecule has 1 heterocycles. The molecule has 7 heteroatoms. The van der Waals surface area contributed by atoms with Crippen LogP contribution in [0.1, 0.15) is 29.8 Å². The third kappa shape index (κ3) is 3.03. The Morgan fingerprint density at radius 3 is 2.71 bits per heavy atom. The maximum Gasteiger partial charge on any atom is 0.418 e. The quantitative estimate of drug-likeness (QED) is 0.813. The van der Waals surface area contributed by atoms with Gasteiger partial charge in [-0.15, -0.1) is 0 Å². The number of rotatable bonds is 4. The van der Waals surface area contributed by atoms with E-state index in [0.717, 1.165) is 18.9 Å². The summed E-state index contributed by atoms with van der Waals surface area (Å²) in [5.74, 6) is 0.452. The van der Waals surface area contributed by atoms with Gasteiger partial charge >= 0.3 is 6.18 Å². The number of fused-ring (bicyclic) bond motifs is 1. The molecule has 3 rings (SSSR count). The van der Waals surface area contributed by atoms with Crippen molar-refractivity contribution in [3.63, 3.8) is 0 Å². The molecule has 1 aliphatic carbocycles. The van der Waals surface area contributed by atoms with Crippen molar-refractivity contribution in [1.29, 1.82) is 0 Å². The predicted octanol–water partition coefficient (Wildman–Crippen LogP) is 2.50. The Bertz CT molecular complexity index is 674. The van der Waals surface area contributed by atoms with E-state index in [2.05, 4.69) is 15.3 Å². The molecule has 0 unspecified atom stereocenters. The zero-order valence-electron chi connectivity index (χ0n) is 11.5. The van der Waals surface area contributed by atoms with E-state index in [0.29, 0.717) is 23.4 Å². The van der Waals surface area contributed by atoms with Crippen LogP contribution >= 0.6 is 0 Å². The summed E-state index contributed by atoms with van der Waals surface area (Å²) < 4.78 is 39.3. The Hall–Kier alpha value is -1.60. The maximum atomic E-state index is 13.1. The molecule has 0 aliphatic heterocycles. The lowest BCUT2D eigenvalue weighted by Crippen LogP contribution is -2.27. The average molecular weight is 299 g/mol. The molecule has 3 N–H and O–H groups in total. The molecule has 0 saturated heterocycles. The number of nitrogens with zero attached hydrogens (tertiary/aromatic N) is 1. The highest BCUT2D eigenvalue weighted by atomic mass is 19.4. The van der Waals surface area contributed by atoms with Crippen LogP contribution in [0.2, 0.25) is 0 Å². The molecule has 4 nitrogen and oxygen atoms in total. The monoisotopic (exact) mass is 299 g/mol. The van der Waals surface area contributed by atoms with E-state index >= 15 is 0 Å². The fourth-order valence-corrected chi connectivity index (χ4v) is 2.38. The highest BCUT2D eigenvalue weighted by Crippen LogP contribution is 2.35. The Labute approximate surface area is 119 Å². The predicted molar refractivity (Wildman–Crippen MR) is 71.7 cm³/mol. The Morgan fingerprint density at radius 1 is 1.38 bits per heavy atom. The zero-order chi connectivity index (χ0) is 15.3. The van der Waals surface area contributed by atoms with E-state index in [9.17, 15) is 18.3 Å². The fourth-order valence-electron chi connectivity index (χ4n) is 2.38. The second-order valence-electron chi connectivity index (χ2n) is 5.69. The zero-order valence-corrected chi connectivity index (χ0v) is 11.5. The number of hydrogen-bond acceptors (Lipinski definition) is 3. The summed E-state index contributed by atoms with van der Waals surface area (Å²) >= 11 is 0. The van der Waals surface area contributed by atoms with E-state index in [1.165, 1.54) is 0 Å². The van der Waals surface area contributed by atoms with E-state index in [4.69, 9.17) is 0 Å². The summed E-state index contributed by atoms with van der Waals surface area (Å²) in [6.07, 6.45) is -2.95. The number of hydrogen-bond donors (Lipinski definition) is 3. The minimum atomic E-state index is -4.44. The van der Waals surface area contributed by atoms with Gasteiger partial charge in [0.1, 0.15) is 11.3 Å². The standard InChI is InChI=1S/C14H16F3N3O/c1-8-19-11-5-9(6-18-7-13(21)2-3-13)4-10(12(11)20-8)14(15,16)17/h4-5,18,21H,2-3,6-7H2,1H3,(H,19,20). The van der Waals surface area contributed by atoms with E-state index in [1.807, 2.05) is 0 Å². The van der Waals surface area contributed by atoms with Crippen LogP contribution < -0.4 is 5.32 Å². The second-order valence-corrected chi connectivity index (χ2v) is 5.69. The number of aryl methyl sites for hydroxylation is 1. The number of imidazole rings is 1. The number of aromatic amines is 1. The van der Waals surface area contributed by atoms with Gasteiger partial charge in [0, 0.05) is 13.1 Å². The van der Waals surface area contributed by atoms with Crippen LogP contribution in [0.25, 0.3) is 11.0 Å². The first-order valence-corrected chi connectivity index (χ1v) is 6.76. The van der Waals surface area contributed by atoms with Crippen molar-refractivity contribution in [3.05, 3.63) is 29.1 Å². The number of aromatic nitrogens is 2. The maximum absolute atomic E-state index is 13.1. The van der Waals surface area contributed by atoms with Gasteiger partial charge in [0.2, 0.25) is 0 Å². The van der Waals surface area contributed by atoms with Gasteiger partial charge in [0.25, 0.3) is 0 Å². The molecule has 1 aromatic heterocycles. The molecule has 1 saturated carbocycles. The summed E-state index contributed by atoms with van der Waals surface area (Å²) in [4.78, 5) is 6.76. The minimum Gasteiger partial charge on any atom is -0.389 e. The molecule has 114 valence electrons. The molecule has 0 radical (unpaired) electrons. The molecule has 1 aliphatic rings. The number of benzene rings is 1. The molecule has 0 spiro atoms. The summed E-state index contributed by atoms with van der Waals surface area (Å²) in [5.41, 5.74) is -0.551. The number of nitrogens with one attached hydrogen (secondary N) is 2. The second kappa shape index (κ2) is 4.71. The van der Waals surface area contributed by atoms with Crippen molar-refractivity contribution in [1.82, 2.24) is 15.3 Å². The minimum absolute atomic E-state index is 0.0513. The first-order valence-electron chi connectivity index (χ1n) is 6.76. The lowest BCUT2D eigenvalue weighted by Gasteiger charge is -2.12. The molecule has 21 heavy (non-hydrogen) atoms. The third-order valence-electron chi connectivity index (χ3n) is 3.68. The Morgan fingerprint density at radius 2 is 2.10 bits per heavy atom. The summed E-state index contributed by atoms with van der Waals surface area (Å²) in [6.45, 7) is 2.30. The van der Waals surface area contributed by atoms with Gasteiger partial charge in [-0.3, -0.25) is 0 Å². The van der Waals surface area contributed by atoms with Crippen LogP contribution in [0.15, 0.2) is 12.1 Å². The van der Waals surface area contributed by atoms with Crippen LogP contribution in [0.5, 0.6) is 0 Å². The van der Waals surface area contributed by atoms with Gasteiger partial charge in [-0.05, 0) is 37.5 Å². The molecule has 0 atom stereocenters. The summed E-state index contributed by atoms with van der Waals surface area (Å²) in [5, 5.41) is 12.7. The highest BCUT2D eigenvalue weighted by Gasteiger charge is 2.39. The molecular formula is C14H16F3N3O. The van der Waals surface area contributed by atoms with Crippen molar-refractivity contribution in [2.24, 2.45) is 0 Å². The fraction of sp³-hybridized carbons (Fsp3) is 0.500. The van der Waals surface area contributed by atoms with E-state index in [1.54, 1.807) is 13.0 Å². The van der Waals surface area contributed by atoms with Crippen LogP contribution in [0.3, 0.4) is 0 Å². The van der Waals surface area contributed by atoms with Crippen molar-refractivity contribution in [2.75, 3.05) is 6.54 Å². The molecule has 0 amide bonds. The number of aliphatic hydroxyl groups is 1. The SMILES string of the molecule is Cc1nc2c(C(F)(F)F)cc(CNCC3(O)CC3)cc2[nH]1. The lowest BCUT2D eigenvalue weighted by atomic mass is 10.1. The van der Waals surface area contributed by atoms with Gasteiger partial charge in [-0.1, -0.05) is 0 Å². The summed E-state index contributed by atoms with van der Waals surface area (Å²) in [6, 6.07) is 2.78. The number of halogens is 3. The van der Waals surface area contributed by atoms with Gasteiger partial charge in [0.05, 0.1) is 16.7 Å². The van der Waals surface area contributed by atoms with E-state index < -0.39 is 17.3 Å². The topological polar surface area (TPSA) is 60.9 Å². The molecule has 0 bridgehead atoms. The van der Waals surface area contributed by atoms with Gasteiger partial charge in [-0.2, -0.15) is 13.2 Å². The van der Waals surface area contributed by atoms with Gasteiger partial charge in [-0.25, -0.2) is 4.98 Å². The summed E-state index contributed by atoms with van der Waals surface area (Å²) in [7, 11) is 0. The smallest absolute Gasteiger partial charge is 0.389 e. The normalized spacial score (nSPS) is 17.4. The lowest BCUT2D eigenvalue weighted by molar-refractivity contribution is -0.136. The van der Waals surface area contributed by atoms with E-state index in [-0.39, 0.29) is 12.1 Å². The van der Waals surface area contributed by atoms with Crippen LogP contribution in [-0.4, -0.2) is 27.2 Å². The Balaban J connectivity index is 1.88. The van der Waals surface area contributed by atoms with Crippen molar-refractivity contribution in [3.8, 4) is 0 Å². The van der Waals surface area contributed by atoms with Gasteiger partial charge < -0.3 is 15.4 Å². The van der Waals surface area contributed by atoms with Crippen LogP contribution in [-0.2, 0) is 12.7 Å². The average Bonchev–Trinajstić information content (AvgIpc) is 2.97. The third-order valence-corrected chi connectivity index (χ3v) is 3.68. The highest BCUT2D eigenvalue weighted by molar-refractivity contribution is 5.80. The molecular weight excluding hydrogens is 283 g/mol. The first-order chi connectivity index (χ1) is 9.77. The molecule has 2 aromatic rings. The van der Waals surface area contributed by atoms with Gasteiger partial charge in [0.15, 0.2) is 0 Å². The molecule has 1 aromatic carbocycles. The molecule has 1 fully saturated rings. The first kappa shape index (κ1) is 14.3. The van der Waals surface area contributed by atoms with Crippen molar-refractivity contribution < 1.29 is 18.3 Å². The van der Waals surface area contributed by atoms with Crippen LogP contribution in [0.4, 0.5) is 13.2 Å². The number of H-pyrrole nitrogens is 1.